The molecule has 6 heteroatoms. The molecule has 5 nitrogen and oxygen atoms in total. The fourth-order valence-corrected chi connectivity index (χ4v) is 2.69. The highest BCUT2D eigenvalue weighted by molar-refractivity contribution is 7.99. The van der Waals surface area contributed by atoms with Gasteiger partial charge in [0.2, 0.25) is 0 Å². The number of hydrogen-bond acceptors (Lipinski definition) is 5. The largest absolute Gasteiger partial charge is 0.480 e. The summed E-state index contributed by atoms with van der Waals surface area (Å²) in [5.41, 5.74) is 0.233. The number of carbonyl (C=O) groups is 1. The van der Waals surface area contributed by atoms with Crippen molar-refractivity contribution >= 4 is 17.7 Å². The van der Waals surface area contributed by atoms with Gasteiger partial charge in [0, 0.05) is 24.2 Å². The van der Waals surface area contributed by atoms with Crippen LogP contribution in [0.25, 0.3) is 0 Å². The van der Waals surface area contributed by atoms with Crippen LogP contribution in [0.15, 0.2) is 17.6 Å². The number of aryl methyl sites for hydroxylation is 1. The highest BCUT2D eigenvalue weighted by Crippen LogP contribution is 2.26. The van der Waals surface area contributed by atoms with Crippen LogP contribution in [0.5, 0.6) is 0 Å². The molecule has 0 amide bonds. The Labute approximate surface area is 123 Å². The van der Waals surface area contributed by atoms with Crippen LogP contribution in [0, 0.1) is 6.92 Å². The molecule has 20 heavy (non-hydrogen) atoms. The number of aromatic nitrogens is 2. The summed E-state index contributed by atoms with van der Waals surface area (Å²) >= 11 is 1.57. The first-order valence-electron chi connectivity index (χ1n) is 6.92. The second-order valence-electron chi connectivity index (χ2n) is 5.55. The fraction of sp³-hybridized carbons (Fsp3) is 0.643. The van der Waals surface area contributed by atoms with E-state index in [-0.39, 0.29) is 0 Å². The average Bonchev–Trinajstić information content (AvgIpc) is 3.20. The number of carboxylic acid groups (broad SMARTS) is 1. The predicted molar refractivity (Wildman–Crippen MR) is 78.9 cm³/mol. The van der Waals surface area contributed by atoms with Crippen molar-refractivity contribution in [2.75, 3.05) is 5.75 Å². The van der Waals surface area contributed by atoms with Crippen LogP contribution >= 0.6 is 11.8 Å². The third-order valence-corrected chi connectivity index (χ3v) is 4.34. The number of hydrogen-bond donors (Lipinski definition) is 2. The van der Waals surface area contributed by atoms with Crippen LogP contribution < -0.4 is 5.32 Å². The van der Waals surface area contributed by atoms with Crippen molar-refractivity contribution in [3.05, 3.63) is 18.0 Å². The normalized spacial score (nSPS) is 17.7. The number of carboxylic acids is 1. The molecule has 2 N–H and O–H groups in total. The summed E-state index contributed by atoms with van der Waals surface area (Å²) in [6.45, 7) is 3.73. The standard InChI is InChI=1S/C14H21N3O2S/c1-10-8-15-13(16-9-10)20-7-3-6-14(2,12(18)19)17-11-4-5-11/h8-9,11,17H,3-7H2,1-2H3,(H,18,19). The lowest BCUT2D eigenvalue weighted by atomic mass is 9.96. The van der Waals surface area contributed by atoms with E-state index >= 15 is 0 Å². The zero-order chi connectivity index (χ0) is 14.6. The van der Waals surface area contributed by atoms with Crippen LogP contribution in [0.4, 0.5) is 0 Å². The zero-order valence-electron chi connectivity index (χ0n) is 11.9. The highest BCUT2D eigenvalue weighted by Gasteiger charge is 2.37. The predicted octanol–water partition coefficient (Wildman–Crippen LogP) is 2.25. The molecule has 0 saturated heterocycles. The van der Waals surface area contributed by atoms with E-state index < -0.39 is 11.5 Å². The molecule has 1 heterocycles. The number of rotatable bonds is 8. The van der Waals surface area contributed by atoms with E-state index in [0.717, 1.165) is 35.7 Å². The number of nitrogens with zero attached hydrogens (tertiary/aromatic N) is 2. The van der Waals surface area contributed by atoms with Crippen molar-refractivity contribution in [1.82, 2.24) is 15.3 Å². The first-order valence-corrected chi connectivity index (χ1v) is 7.91. The molecule has 0 bridgehead atoms. The molecule has 0 spiro atoms. The van der Waals surface area contributed by atoms with Gasteiger partial charge in [-0.05, 0) is 45.1 Å². The quantitative estimate of drug-likeness (QED) is 0.435. The van der Waals surface area contributed by atoms with Crippen LogP contribution in [-0.4, -0.2) is 38.4 Å². The minimum Gasteiger partial charge on any atom is -0.480 e. The molecule has 110 valence electrons. The Hall–Kier alpha value is -1.14. The van der Waals surface area contributed by atoms with E-state index in [1.165, 1.54) is 0 Å². The number of nitrogens with one attached hydrogen (secondary N) is 1. The number of aliphatic carboxylic acids is 1. The Kier molecular flexibility index (Phi) is 4.99. The molecule has 1 aromatic rings. The van der Waals surface area contributed by atoms with E-state index in [1.54, 1.807) is 31.1 Å². The number of thioether (sulfide) groups is 1. The third-order valence-electron chi connectivity index (χ3n) is 3.38. The lowest BCUT2D eigenvalue weighted by Gasteiger charge is -2.26. The van der Waals surface area contributed by atoms with Crippen molar-refractivity contribution in [3.8, 4) is 0 Å². The average molecular weight is 295 g/mol. The van der Waals surface area contributed by atoms with Gasteiger partial charge in [0.05, 0.1) is 0 Å². The molecule has 1 aromatic heterocycles. The Morgan fingerprint density at radius 2 is 2.15 bits per heavy atom. The maximum atomic E-state index is 11.4. The molecule has 0 aromatic carbocycles. The molecule has 0 radical (unpaired) electrons. The Bertz CT molecular complexity index is 462. The fourth-order valence-electron chi connectivity index (χ4n) is 1.96. The minimum atomic E-state index is -0.810. The topological polar surface area (TPSA) is 75.1 Å². The van der Waals surface area contributed by atoms with E-state index in [9.17, 15) is 9.90 Å². The lowest BCUT2D eigenvalue weighted by Crippen LogP contribution is -2.50. The summed E-state index contributed by atoms with van der Waals surface area (Å²) < 4.78 is 0. The molecule has 1 fully saturated rings. The van der Waals surface area contributed by atoms with Crippen LogP contribution in [-0.2, 0) is 4.79 Å². The molecular weight excluding hydrogens is 274 g/mol. The maximum Gasteiger partial charge on any atom is 0.323 e. The van der Waals surface area contributed by atoms with Gasteiger partial charge in [0.1, 0.15) is 5.54 Å². The van der Waals surface area contributed by atoms with Gasteiger partial charge >= 0.3 is 5.97 Å². The molecule has 1 unspecified atom stereocenters. The highest BCUT2D eigenvalue weighted by atomic mass is 32.2. The smallest absolute Gasteiger partial charge is 0.323 e. The van der Waals surface area contributed by atoms with Gasteiger partial charge in [-0.2, -0.15) is 0 Å². The van der Waals surface area contributed by atoms with Gasteiger partial charge in [0.15, 0.2) is 5.16 Å². The molecule has 0 aliphatic heterocycles. The van der Waals surface area contributed by atoms with Crippen molar-refractivity contribution in [3.63, 3.8) is 0 Å². The van der Waals surface area contributed by atoms with E-state index in [4.69, 9.17) is 0 Å². The minimum absolute atomic E-state index is 0.393. The molecule has 1 aliphatic rings. The summed E-state index contributed by atoms with van der Waals surface area (Å²) in [5, 5.41) is 13.3. The van der Waals surface area contributed by atoms with Gasteiger partial charge in [-0.3, -0.25) is 10.1 Å². The Balaban J connectivity index is 1.75. The van der Waals surface area contributed by atoms with Gasteiger partial charge in [0.25, 0.3) is 0 Å². The Morgan fingerprint density at radius 3 is 2.70 bits per heavy atom. The van der Waals surface area contributed by atoms with Crippen molar-refractivity contribution in [2.24, 2.45) is 0 Å². The van der Waals surface area contributed by atoms with E-state index in [1.807, 2.05) is 6.92 Å². The van der Waals surface area contributed by atoms with Gasteiger partial charge in [-0.15, -0.1) is 0 Å². The third kappa shape index (κ3) is 4.45. The van der Waals surface area contributed by atoms with Crippen LogP contribution in [0.1, 0.15) is 38.2 Å². The first-order chi connectivity index (χ1) is 9.49. The van der Waals surface area contributed by atoms with Crippen molar-refractivity contribution in [1.29, 1.82) is 0 Å². The second kappa shape index (κ2) is 6.54. The SMILES string of the molecule is Cc1cnc(SCCCC(C)(NC2CC2)C(=O)O)nc1. The summed E-state index contributed by atoms with van der Waals surface area (Å²) in [4.78, 5) is 19.8. The molecule has 1 atom stereocenters. The lowest BCUT2D eigenvalue weighted by molar-refractivity contribution is -0.144. The second-order valence-corrected chi connectivity index (χ2v) is 6.61. The van der Waals surface area contributed by atoms with Gasteiger partial charge < -0.3 is 5.11 Å². The van der Waals surface area contributed by atoms with Crippen LogP contribution in [0.2, 0.25) is 0 Å². The molecule has 1 saturated carbocycles. The van der Waals surface area contributed by atoms with Gasteiger partial charge in [-0.1, -0.05) is 11.8 Å². The van der Waals surface area contributed by atoms with Crippen molar-refractivity contribution in [2.45, 2.75) is 56.3 Å². The van der Waals surface area contributed by atoms with Gasteiger partial charge in [-0.25, -0.2) is 9.97 Å². The maximum absolute atomic E-state index is 11.4. The summed E-state index contributed by atoms with van der Waals surface area (Å²) in [7, 11) is 0. The summed E-state index contributed by atoms with van der Waals surface area (Å²) in [6, 6.07) is 0.393. The van der Waals surface area contributed by atoms with E-state index in [0.29, 0.717) is 12.5 Å². The molecule has 2 rings (SSSR count). The monoisotopic (exact) mass is 295 g/mol. The molecular formula is C14H21N3O2S. The summed E-state index contributed by atoms with van der Waals surface area (Å²) in [6.07, 6.45) is 7.22. The Morgan fingerprint density at radius 1 is 1.50 bits per heavy atom. The van der Waals surface area contributed by atoms with Crippen molar-refractivity contribution < 1.29 is 9.90 Å². The van der Waals surface area contributed by atoms with Crippen LogP contribution in [0.3, 0.4) is 0 Å². The molecule has 1 aliphatic carbocycles. The summed E-state index contributed by atoms with van der Waals surface area (Å²) in [5.74, 6) is 0.0686. The zero-order valence-corrected chi connectivity index (χ0v) is 12.7. The van der Waals surface area contributed by atoms with E-state index in [2.05, 4.69) is 15.3 Å². The first kappa shape index (κ1) is 15.3.